The third-order valence-corrected chi connectivity index (χ3v) is 5.00. The van der Waals surface area contributed by atoms with Crippen molar-refractivity contribution in [3.8, 4) is 0 Å². The topological polar surface area (TPSA) is 62.1 Å². The van der Waals surface area contributed by atoms with Crippen molar-refractivity contribution in [3.05, 3.63) is 35.0 Å². The Morgan fingerprint density at radius 1 is 1.30 bits per heavy atom. The highest BCUT2D eigenvalue weighted by Crippen LogP contribution is 2.31. The lowest BCUT2D eigenvalue weighted by Crippen LogP contribution is -2.40. The summed E-state index contributed by atoms with van der Waals surface area (Å²) in [6, 6.07) is 6.83. The van der Waals surface area contributed by atoms with Gasteiger partial charge in [-0.2, -0.15) is 0 Å². The number of nitrogens with two attached hydrogens (primary N) is 1. The van der Waals surface area contributed by atoms with Gasteiger partial charge in [-0.3, -0.25) is 4.79 Å². The molecule has 0 radical (unpaired) electrons. The summed E-state index contributed by atoms with van der Waals surface area (Å²) in [6.07, 6.45) is 5.82. The van der Waals surface area contributed by atoms with Crippen molar-refractivity contribution in [2.24, 2.45) is 5.73 Å². The number of primary amides is 1. The number of aromatic nitrogens is 1. The second-order valence-corrected chi connectivity index (χ2v) is 6.64. The summed E-state index contributed by atoms with van der Waals surface area (Å²) in [6.45, 7) is 6.85. The molecular formula is C19H27N3O. The average molecular weight is 313 g/mol. The number of H-pyrrole nitrogens is 1. The van der Waals surface area contributed by atoms with Crippen LogP contribution in [0.4, 0.5) is 0 Å². The SMILES string of the molecule is CCCN(CCC)C1CCc2ccc3[nH]c(C(N)=O)cc3c2C1. The van der Waals surface area contributed by atoms with Gasteiger partial charge in [0.05, 0.1) is 0 Å². The monoisotopic (exact) mass is 313 g/mol. The fraction of sp³-hybridized carbons (Fsp3) is 0.526. The molecule has 23 heavy (non-hydrogen) atoms. The van der Waals surface area contributed by atoms with Crippen LogP contribution in [-0.2, 0) is 12.8 Å². The molecule has 0 saturated carbocycles. The molecule has 4 heteroatoms. The summed E-state index contributed by atoms with van der Waals surface area (Å²) in [4.78, 5) is 17.3. The first kappa shape index (κ1) is 16.1. The Balaban J connectivity index is 1.94. The molecule has 1 unspecified atom stereocenters. The van der Waals surface area contributed by atoms with Gasteiger partial charge in [0.2, 0.25) is 0 Å². The third-order valence-electron chi connectivity index (χ3n) is 5.00. The molecule has 1 aliphatic rings. The maximum absolute atomic E-state index is 11.5. The molecule has 3 rings (SSSR count). The minimum Gasteiger partial charge on any atom is -0.364 e. The van der Waals surface area contributed by atoms with Crippen LogP contribution in [0.3, 0.4) is 0 Å². The summed E-state index contributed by atoms with van der Waals surface area (Å²) < 4.78 is 0. The van der Waals surface area contributed by atoms with Crippen LogP contribution in [0.5, 0.6) is 0 Å². The summed E-state index contributed by atoms with van der Waals surface area (Å²) in [7, 11) is 0. The molecule has 1 aliphatic carbocycles. The smallest absolute Gasteiger partial charge is 0.265 e. The van der Waals surface area contributed by atoms with E-state index in [-0.39, 0.29) is 5.91 Å². The zero-order valence-corrected chi connectivity index (χ0v) is 14.2. The quantitative estimate of drug-likeness (QED) is 0.860. The fourth-order valence-electron chi connectivity index (χ4n) is 3.94. The Labute approximate surface area is 138 Å². The zero-order valence-electron chi connectivity index (χ0n) is 14.2. The molecule has 0 spiro atoms. The molecule has 1 amide bonds. The predicted octanol–water partition coefficient (Wildman–Crippen LogP) is 3.25. The lowest BCUT2D eigenvalue weighted by molar-refractivity contribution is 0.0996. The van der Waals surface area contributed by atoms with Crippen LogP contribution in [0.25, 0.3) is 10.9 Å². The Kier molecular flexibility index (Phi) is 4.71. The van der Waals surface area contributed by atoms with Crippen LogP contribution in [0, 0.1) is 0 Å². The van der Waals surface area contributed by atoms with E-state index in [0.29, 0.717) is 11.7 Å². The van der Waals surface area contributed by atoms with E-state index in [1.165, 1.54) is 48.9 Å². The van der Waals surface area contributed by atoms with Crippen LogP contribution in [0.1, 0.15) is 54.7 Å². The number of fused-ring (bicyclic) bond motifs is 3. The fourth-order valence-corrected chi connectivity index (χ4v) is 3.94. The molecule has 3 N–H and O–H groups in total. The van der Waals surface area contributed by atoms with Gasteiger partial charge in [-0.25, -0.2) is 0 Å². The van der Waals surface area contributed by atoms with Gasteiger partial charge >= 0.3 is 0 Å². The van der Waals surface area contributed by atoms with Crippen LogP contribution in [-0.4, -0.2) is 34.9 Å². The number of nitrogens with one attached hydrogen (secondary N) is 1. The van der Waals surface area contributed by atoms with Crippen molar-refractivity contribution in [1.29, 1.82) is 0 Å². The van der Waals surface area contributed by atoms with E-state index in [1.54, 1.807) is 0 Å². The van der Waals surface area contributed by atoms with E-state index in [0.717, 1.165) is 18.4 Å². The van der Waals surface area contributed by atoms with Gasteiger partial charge in [-0.1, -0.05) is 19.9 Å². The molecule has 1 heterocycles. The van der Waals surface area contributed by atoms with Crippen molar-refractivity contribution in [2.75, 3.05) is 13.1 Å². The molecule has 0 saturated heterocycles. The van der Waals surface area contributed by atoms with Crippen molar-refractivity contribution >= 4 is 16.8 Å². The lowest BCUT2D eigenvalue weighted by atomic mass is 9.85. The maximum atomic E-state index is 11.5. The second kappa shape index (κ2) is 6.75. The van der Waals surface area contributed by atoms with Crippen molar-refractivity contribution in [1.82, 2.24) is 9.88 Å². The first-order valence-electron chi connectivity index (χ1n) is 8.81. The highest BCUT2D eigenvalue weighted by atomic mass is 16.1. The van der Waals surface area contributed by atoms with Crippen molar-refractivity contribution < 1.29 is 4.79 Å². The van der Waals surface area contributed by atoms with E-state index in [9.17, 15) is 4.79 Å². The summed E-state index contributed by atoms with van der Waals surface area (Å²) in [5, 5.41) is 1.17. The first-order valence-corrected chi connectivity index (χ1v) is 8.81. The Morgan fingerprint density at radius 2 is 2.04 bits per heavy atom. The first-order chi connectivity index (χ1) is 11.1. The number of carbonyl (C=O) groups excluding carboxylic acids is 1. The van der Waals surface area contributed by atoms with Crippen LogP contribution in [0.2, 0.25) is 0 Å². The Hall–Kier alpha value is -1.81. The molecule has 1 aromatic heterocycles. The second-order valence-electron chi connectivity index (χ2n) is 6.64. The third kappa shape index (κ3) is 3.13. The van der Waals surface area contributed by atoms with Crippen molar-refractivity contribution in [3.63, 3.8) is 0 Å². The van der Waals surface area contributed by atoms with Crippen molar-refractivity contribution in [2.45, 2.75) is 52.0 Å². The van der Waals surface area contributed by atoms with Gasteiger partial charge in [-0.15, -0.1) is 0 Å². The average Bonchev–Trinajstić information content (AvgIpc) is 2.99. The van der Waals surface area contributed by atoms with Gasteiger partial charge < -0.3 is 15.6 Å². The molecule has 0 fully saturated rings. The van der Waals surface area contributed by atoms with Gasteiger partial charge in [-0.05, 0) is 68.5 Å². The van der Waals surface area contributed by atoms with E-state index in [2.05, 4.69) is 35.9 Å². The number of aryl methyl sites for hydroxylation is 1. The standard InChI is InChI=1S/C19H27N3O/c1-3-9-22(10-4-2)14-7-5-13-6-8-17-16(15(13)11-14)12-18(21-17)19(20)23/h6,8,12,14,21H,3-5,7,9-11H2,1-2H3,(H2,20,23). The number of hydrogen-bond acceptors (Lipinski definition) is 2. The highest BCUT2D eigenvalue weighted by Gasteiger charge is 2.25. The van der Waals surface area contributed by atoms with Gasteiger partial charge in [0.1, 0.15) is 5.69 Å². The summed E-state index contributed by atoms with van der Waals surface area (Å²) in [5.41, 5.74) is 9.79. The Bertz CT molecular complexity index is 698. The predicted molar refractivity (Wildman–Crippen MR) is 94.8 cm³/mol. The van der Waals surface area contributed by atoms with E-state index in [1.807, 2.05) is 6.07 Å². The molecule has 124 valence electrons. The van der Waals surface area contributed by atoms with Crippen LogP contribution >= 0.6 is 0 Å². The molecule has 1 atom stereocenters. The number of carbonyl (C=O) groups is 1. The number of aromatic amines is 1. The number of hydrogen-bond donors (Lipinski definition) is 2. The summed E-state index contributed by atoms with van der Waals surface area (Å²) >= 11 is 0. The highest BCUT2D eigenvalue weighted by molar-refractivity contribution is 5.98. The molecular weight excluding hydrogens is 286 g/mol. The number of benzene rings is 1. The number of nitrogens with zero attached hydrogens (tertiary/aromatic N) is 1. The summed E-state index contributed by atoms with van der Waals surface area (Å²) in [5.74, 6) is -0.388. The molecule has 2 aromatic rings. The zero-order chi connectivity index (χ0) is 16.4. The van der Waals surface area contributed by atoms with Gasteiger partial charge in [0, 0.05) is 16.9 Å². The minimum atomic E-state index is -0.388. The Morgan fingerprint density at radius 3 is 2.70 bits per heavy atom. The van der Waals surface area contributed by atoms with Crippen LogP contribution in [0.15, 0.2) is 18.2 Å². The minimum absolute atomic E-state index is 0.388. The van der Waals surface area contributed by atoms with E-state index < -0.39 is 0 Å². The number of rotatable bonds is 6. The van der Waals surface area contributed by atoms with Gasteiger partial charge in [0.15, 0.2) is 0 Å². The van der Waals surface area contributed by atoms with E-state index in [4.69, 9.17) is 5.73 Å². The largest absolute Gasteiger partial charge is 0.364 e. The van der Waals surface area contributed by atoms with E-state index >= 15 is 0 Å². The molecule has 1 aromatic carbocycles. The molecule has 0 bridgehead atoms. The normalized spacial score (nSPS) is 17.6. The number of amides is 1. The van der Waals surface area contributed by atoms with Crippen LogP contribution < -0.4 is 5.73 Å². The van der Waals surface area contributed by atoms with Gasteiger partial charge in [0.25, 0.3) is 5.91 Å². The maximum Gasteiger partial charge on any atom is 0.265 e. The molecule has 4 nitrogen and oxygen atoms in total. The lowest BCUT2D eigenvalue weighted by Gasteiger charge is -2.35. The molecule has 0 aliphatic heterocycles.